The van der Waals surface area contributed by atoms with Crippen LogP contribution in [0.4, 0.5) is 0 Å². The highest BCUT2D eigenvalue weighted by Gasteiger charge is 2.32. The van der Waals surface area contributed by atoms with Crippen molar-refractivity contribution in [2.24, 2.45) is 0 Å². The van der Waals surface area contributed by atoms with Crippen LogP contribution >= 0.6 is 11.6 Å². The Labute approximate surface area is 150 Å². The molecule has 2 aromatic rings. The summed E-state index contributed by atoms with van der Waals surface area (Å²) in [7, 11) is -1.38. The third-order valence-corrected chi connectivity index (χ3v) is 6.24. The molecule has 1 aromatic carbocycles. The van der Waals surface area contributed by atoms with Crippen LogP contribution in [-0.2, 0) is 21.1 Å². The fraction of sp³-hybridized carbons (Fsp3) is 0.438. The molecule has 0 N–H and O–H groups in total. The average molecular weight is 384 g/mol. The van der Waals surface area contributed by atoms with Crippen molar-refractivity contribution in [1.29, 1.82) is 0 Å². The SMILES string of the molecule is CN(C(=O)CCc1nc(-c2cccc(Cl)c2)no1)C1CCS(=O)(=O)C1. The Hall–Kier alpha value is -1.93. The smallest absolute Gasteiger partial charge is 0.227 e. The summed E-state index contributed by atoms with van der Waals surface area (Å²) in [6.45, 7) is 0. The molecule has 0 bridgehead atoms. The van der Waals surface area contributed by atoms with Crippen LogP contribution in [0.1, 0.15) is 18.7 Å². The van der Waals surface area contributed by atoms with Crippen molar-refractivity contribution in [2.75, 3.05) is 18.6 Å². The zero-order valence-electron chi connectivity index (χ0n) is 13.7. The Morgan fingerprint density at radius 3 is 2.92 bits per heavy atom. The van der Waals surface area contributed by atoms with Gasteiger partial charge in [0.25, 0.3) is 0 Å². The van der Waals surface area contributed by atoms with Crippen LogP contribution in [0.2, 0.25) is 5.02 Å². The van der Waals surface area contributed by atoms with Crippen LogP contribution in [0.3, 0.4) is 0 Å². The standard InChI is InChI=1S/C16H18ClN3O4S/c1-20(13-7-8-25(22,23)10-13)15(21)6-5-14-18-16(19-24-14)11-3-2-4-12(17)9-11/h2-4,9,13H,5-8,10H2,1H3. The van der Waals surface area contributed by atoms with E-state index in [9.17, 15) is 13.2 Å². The van der Waals surface area contributed by atoms with Crippen molar-refractivity contribution in [2.45, 2.75) is 25.3 Å². The van der Waals surface area contributed by atoms with E-state index in [0.29, 0.717) is 29.6 Å². The number of hydrogen-bond donors (Lipinski definition) is 0. The number of aromatic nitrogens is 2. The summed E-state index contributed by atoms with van der Waals surface area (Å²) in [4.78, 5) is 18.0. The van der Waals surface area contributed by atoms with Gasteiger partial charge >= 0.3 is 0 Å². The van der Waals surface area contributed by atoms with E-state index >= 15 is 0 Å². The summed E-state index contributed by atoms with van der Waals surface area (Å²) >= 11 is 5.94. The van der Waals surface area contributed by atoms with Gasteiger partial charge in [0.2, 0.25) is 17.6 Å². The van der Waals surface area contributed by atoms with E-state index in [0.717, 1.165) is 5.56 Å². The number of carbonyl (C=O) groups is 1. The maximum atomic E-state index is 12.3. The number of rotatable bonds is 5. The number of benzene rings is 1. The van der Waals surface area contributed by atoms with Gasteiger partial charge < -0.3 is 9.42 Å². The maximum absolute atomic E-state index is 12.3. The fourth-order valence-electron chi connectivity index (χ4n) is 2.78. The van der Waals surface area contributed by atoms with E-state index in [1.54, 1.807) is 25.2 Å². The number of carbonyl (C=O) groups excluding carboxylic acids is 1. The van der Waals surface area contributed by atoms with Gasteiger partial charge in [0, 0.05) is 36.5 Å². The molecule has 3 rings (SSSR count). The van der Waals surface area contributed by atoms with Crippen LogP contribution in [-0.4, -0.2) is 54.0 Å². The van der Waals surface area contributed by atoms with Gasteiger partial charge in [-0.3, -0.25) is 4.79 Å². The third kappa shape index (κ3) is 4.38. The predicted octanol–water partition coefficient (Wildman–Crippen LogP) is 1.97. The molecule has 0 radical (unpaired) electrons. The molecule has 0 saturated carbocycles. The molecule has 25 heavy (non-hydrogen) atoms. The summed E-state index contributed by atoms with van der Waals surface area (Å²) in [5, 5.41) is 4.47. The van der Waals surface area contributed by atoms with Crippen LogP contribution in [0.15, 0.2) is 28.8 Å². The Morgan fingerprint density at radius 1 is 1.44 bits per heavy atom. The van der Waals surface area contributed by atoms with Crippen molar-refractivity contribution >= 4 is 27.3 Å². The quantitative estimate of drug-likeness (QED) is 0.783. The molecular formula is C16H18ClN3O4S. The second kappa shape index (κ2) is 7.13. The number of nitrogens with zero attached hydrogens (tertiary/aromatic N) is 3. The lowest BCUT2D eigenvalue weighted by molar-refractivity contribution is -0.131. The fourth-order valence-corrected chi connectivity index (χ4v) is 4.74. The van der Waals surface area contributed by atoms with E-state index in [1.807, 2.05) is 6.07 Å². The molecule has 1 aliphatic heterocycles. The predicted molar refractivity (Wildman–Crippen MR) is 92.9 cm³/mol. The summed E-state index contributed by atoms with van der Waals surface area (Å²) in [6, 6.07) is 6.85. The van der Waals surface area contributed by atoms with Crippen LogP contribution < -0.4 is 0 Å². The average Bonchev–Trinajstić information content (AvgIpc) is 3.18. The molecule has 1 aromatic heterocycles. The summed E-state index contributed by atoms with van der Waals surface area (Å²) in [6.07, 6.45) is 0.977. The molecule has 1 atom stereocenters. The molecule has 1 fully saturated rings. The van der Waals surface area contributed by atoms with Crippen LogP contribution in [0.25, 0.3) is 11.4 Å². The normalized spacial score (nSPS) is 19.0. The van der Waals surface area contributed by atoms with Crippen molar-refractivity contribution in [3.63, 3.8) is 0 Å². The molecule has 134 valence electrons. The zero-order chi connectivity index (χ0) is 18.0. The third-order valence-electron chi connectivity index (χ3n) is 4.25. The number of amides is 1. The lowest BCUT2D eigenvalue weighted by atomic mass is 10.2. The van der Waals surface area contributed by atoms with Crippen molar-refractivity contribution < 1.29 is 17.7 Å². The molecule has 1 saturated heterocycles. The summed E-state index contributed by atoms with van der Waals surface area (Å²) in [5.41, 5.74) is 0.738. The highest BCUT2D eigenvalue weighted by Crippen LogP contribution is 2.21. The molecule has 2 heterocycles. The minimum atomic E-state index is -3.02. The first-order valence-electron chi connectivity index (χ1n) is 7.89. The van der Waals surface area contributed by atoms with Gasteiger partial charge in [-0.2, -0.15) is 4.98 Å². The minimum absolute atomic E-state index is 0.0364. The van der Waals surface area contributed by atoms with Gasteiger partial charge in [-0.1, -0.05) is 28.9 Å². The molecule has 1 unspecified atom stereocenters. The first-order valence-corrected chi connectivity index (χ1v) is 10.1. The molecule has 1 aliphatic rings. The van der Waals surface area contributed by atoms with E-state index in [2.05, 4.69) is 10.1 Å². The molecule has 0 aliphatic carbocycles. The first-order chi connectivity index (χ1) is 11.8. The Morgan fingerprint density at radius 2 is 2.24 bits per heavy atom. The maximum Gasteiger partial charge on any atom is 0.227 e. The molecule has 1 amide bonds. The molecular weight excluding hydrogens is 366 g/mol. The van der Waals surface area contributed by atoms with Gasteiger partial charge in [-0.15, -0.1) is 0 Å². The Kier molecular flexibility index (Phi) is 5.10. The first kappa shape index (κ1) is 17.9. The van der Waals surface area contributed by atoms with Crippen LogP contribution in [0.5, 0.6) is 0 Å². The largest absolute Gasteiger partial charge is 0.342 e. The Balaban J connectivity index is 1.58. The number of sulfone groups is 1. The van der Waals surface area contributed by atoms with Crippen LogP contribution in [0, 0.1) is 0 Å². The highest BCUT2D eigenvalue weighted by molar-refractivity contribution is 7.91. The van der Waals surface area contributed by atoms with Gasteiger partial charge in [0.15, 0.2) is 9.84 Å². The summed E-state index contributed by atoms with van der Waals surface area (Å²) < 4.78 is 28.2. The molecule has 7 nitrogen and oxygen atoms in total. The monoisotopic (exact) mass is 383 g/mol. The van der Waals surface area contributed by atoms with E-state index in [4.69, 9.17) is 16.1 Å². The number of aryl methyl sites for hydroxylation is 1. The molecule has 0 spiro atoms. The van der Waals surface area contributed by atoms with Gasteiger partial charge in [-0.05, 0) is 18.6 Å². The van der Waals surface area contributed by atoms with E-state index < -0.39 is 9.84 Å². The minimum Gasteiger partial charge on any atom is -0.342 e. The number of hydrogen-bond acceptors (Lipinski definition) is 6. The zero-order valence-corrected chi connectivity index (χ0v) is 15.3. The lowest BCUT2D eigenvalue weighted by Gasteiger charge is -2.23. The van der Waals surface area contributed by atoms with Gasteiger partial charge in [-0.25, -0.2) is 8.42 Å². The van der Waals surface area contributed by atoms with E-state index in [-0.39, 0.29) is 29.9 Å². The summed E-state index contributed by atoms with van der Waals surface area (Å²) in [5.74, 6) is 0.817. The van der Waals surface area contributed by atoms with Crippen molar-refractivity contribution in [3.05, 3.63) is 35.2 Å². The van der Waals surface area contributed by atoms with Gasteiger partial charge in [0.05, 0.1) is 11.5 Å². The topological polar surface area (TPSA) is 93.4 Å². The lowest BCUT2D eigenvalue weighted by Crippen LogP contribution is -2.37. The molecule has 9 heteroatoms. The van der Waals surface area contributed by atoms with E-state index in [1.165, 1.54) is 4.90 Å². The number of halogens is 1. The highest BCUT2D eigenvalue weighted by atomic mass is 35.5. The van der Waals surface area contributed by atoms with Crippen molar-refractivity contribution in [1.82, 2.24) is 15.0 Å². The second-order valence-corrected chi connectivity index (χ2v) is 8.75. The second-order valence-electron chi connectivity index (χ2n) is 6.08. The van der Waals surface area contributed by atoms with Crippen molar-refractivity contribution in [3.8, 4) is 11.4 Å². The Bertz CT molecular complexity index is 881. The van der Waals surface area contributed by atoms with Gasteiger partial charge in [0.1, 0.15) is 0 Å².